The van der Waals surface area contributed by atoms with Crippen molar-refractivity contribution in [1.82, 2.24) is 29.1 Å². The summed E-state index contributed by atoms with van der Waals surface area (Å²) >= 11 is 0. The number of ether oxygens (including phenoxy) is 3. The first-order valence-electron chi connectivity index (χ1n) is 17.9. The van der Waals surface area contributed by atoms with Crippen molar-refractivity contribution in [3.05, 3.63) is 149 Å². The largest absolute Gasteiger partial charge is 0.491 e. The standard InChI is InChI=1S/C40H38F2N8O5/c1-28(38(51)29-5-3-2-4-6-29)50-39(52)49(27-45-50)33-10-8-31(9-11-33)46-17-19-47(20-18-46)32-12-14-34(15-13-32)53-22-35-23-54-40(55-35,24-48-26-43-25-44-48)36-16-7-30(41)21-37(36)42/h2-16,21,25-28,35H,17-20,22-24H2,1H3. The lowest BCUT2D eigenvalue weighted by Gasteiger charge is -2.37. The molecule has 3 unspecified atom stereocenters. The van der Waals surface area contributed by atoms with Crippen LogP contribution in [0.1, 0.15) is 28.9 Å². The van der Waals surface area contributed by atoms with E-state index in [1.54, 1.807) is 31.2 Å². The first-order valence-corrected chi connectivity index (χ1v) is 17.9. The van der Waals surface area contributed by atoms with Crippen LogP contribution in [0.4, 0.5) is 20.2 Å². The molecule has 13 nitrogen and oxygen atoms in total. The maximum absolute atomic E-state index is 14.9. The highest BCUT2D eigenvalue weighted by molar-refractivity contribution is 5.98. The number of nitrogens with zero attached hydrogens (tertiary/aromatic N) is 8. The SMILES string of the molecule is CC(C(=O)c1ccccc1)n1ncn(-c2ccc(N3CCN(c4ccc(OCC5COC(Cn6cncn6)(c6ccc(F)cc6F)O5)cc4)CC3)cc2)c1=O. The molecule has 8 rings (SSSR count). The van der Waals surface area contributed by atoms with Crippen LogP contribution in [0.5, 0.6) is 5.75 Å². The van der Waals surface area contributed by atoms with Gasteiger partial charge in [0.1, 0.15) is 61.7 Å². The van der Waals surface area contributed by atoms with Crippen molar-refractivity contribution in [2.24, 2.45) is 0 Å². The highest BCUT2D eigenvalue weighted by Crippen LogP contribution is 2.38. The molecular formula is C40H38F2N8O5. The van der Waals surface area contributed by atoms with Gasteiger partial charge in [0, 0.05) is 54.7 Å². The molecule has 0 saturated carbocycles. The highest BCUT2D eigenvalue weighted by Gasteiger charge is 2.46. The molecule has 4 aromatic carbocycles. The average Bonchev–Trinajstić information content (AvgIpc) is 3.98. The van der Waals surface area contributed by atoms with Crippen LogP contribution in [-0.4, -0.2) is 80.4 Å². The molecule has 2 aromatic heterocycles. The predicted octanol–water partition coefficient (Wildman–Crippen LogP) is 5.02. The number of carbonyl (C=O) groups is 1. The number of benzene rings is 4. The van der Waals surface area contributed by atoms with Gasteiger partial charge in [-0.2, -0.15) is 10.2 Å². The third-order valence-electron chi connectivity index (χ3n) is 9.95. The van der Waals surface area contributed by atoms with Crippen LogP contribution in [0.2, 0.25) is 0 Å². The molecule has 0 spiro atoms. The molecule has 0 N–H and O–H groups in total. The number of carbonyl (C=O) groups excluding carboxylic acids is 1. The fraction of sp³-hybridized carbons (Fsp3) is 0.275. The number of Topliss-reactive ketones (excluding diaryl/α,β-unsaturated/α-hetero) is 1. The molecule has 0 amide bonds. The maximum atomic E-state index is 14.9. The Kier molecular flexibility index (Phi) is 9.95. The molecule has 0 bridgehead atoms. The van der Waals surface area contributed by atoms with E-state index in [-0.39, 0.29) is 36.8 Å². The first-order chi connectivity index (χ1) is 26.8. The van der Waals surface area contributed by atoms with Crippen molar-refractivity contribution in [1.29, 1.82) is 0 Å². The number of rotatable bonds is 12. The fourth-order valence-electron chi connectivity index (χ4n) is 6.99. The van der Waals surface area contributed by atoms with Crippen molar-refractivity contribution in [3.8, 4) is 11.4 Å². The van der Waals surface area contributed by atoms with Gasteiger partial charge in [-0.1, -0.05) is 30.3 Å². The molecule has 2 saturated heterocycles. The van der Waals surface area contributed by atoms with Crippen LogP contribution in [0.3, 0.4) is 0 Å². The third-order valence-corrected chi connectivity index (χ3v) is 9.95. The van der Waals surface area contributed by atoms with Crippen molar-refractivity contribution in [2.75, 3.05) is 49.2 Å². The second-order valence-electron chi connectivity index (χ2n) is 13.5. The second kappa shape index (κ2) is 15.3. The lowest BCUT2D eigenvalue weighted by Crippen LogP contribution is -2.46. The fourth-order valence-corrected chi connectivity index (χ4v) is 6.99. The summed E-state index contributed by atoms with van der Waals surface area (Å²) in [6, 6.07) is 27.0. The smallest absolute Gasteiger partial charge is 0.351 e. The van der Waals surface area contributed by atoms with Gasteiger partial charge in [-0.05, 0) is 67.6 Å². The molecule has 2 fully saturated rings. The Hall–Kier alpha value is -6.19. The Bertz CT molecular complexity index is 2290. The Balaban J connectivity index is 0.841. The monoisotopic (exact) mass is 748 g/mol. The Morgan fingerprint density at radius 1 is 0.873 bits per heavy atom. The highest BCUT2D eigenvalue weighted by atomic mass is 19.1. The van der Waals surface area contributed by atoms with Crippen molar-refractivity contribution >= 4 is 17.2 Å². The van der Waals surface area contributed by atoms with Gasteiger partial charge in [-0.3, -0.25) is 4.79 Å². The van der Waals surface area contributed by atoms with E-state index in [0.29, 0.717) is 17.0 Å². The van der Waals surface area contributed by atoms with Gasteiger partial charge in [-0.15, -0.1) is 0 Å². The molecule has 15 heteroatoms. The van der Waals surface area contributed by atoms with Gasteiger partial charge in [0.05, 0.1) is 12.3 Å². The lowest BCUT2D eigenvalue weighted by molar-refractivity contribution is -0.192. The minimum Gasteiger partial charge on any atom is -0.491 e. The first kappa shape index (κ1) is 35.8. The van der Waals surface area contributed by atoms with E-state index in [2.05, 4.69) is 25.0 Å². The number of halogens is 2. The van der Waals surface area contributed by atoms with E-state index in [4.69, 9.17) is 14.2 Å². The normalized spacial score (nSPS) is 19.1. The zero-order chi connectivity index (χ0) is 37.9. The van der Waals surface area contributed by atoms with Gasteiger partial charge in [0.2, 0.25) is 5.79 Å². The van der Waals surface area contributed by atoms with Gasteiger partial charge in [0.15, 0.2) is 5.78 Å². The van der Waals surface area contributed by atoms with Crippen LogP contribution in [0, 0.1) is 11.6 Å². The Labute approximate surface area is 314 Å². The van der Waals surface area contributed by atoms with Crippen LogP contribution in [-0.2, 0) is 21.8 Å². The summed E-state index contributed by atoms with van der Waals surface area (Å²) in [4.78, 5) is 34.7. The van der Waals surface area contributed by atoms with Crippen LogP contribution >= 0.6 is 0 Å². The summed E-state index contributed by atoms with van der Waals surface area (Å²) in [6.07, 6.45) is 3.76. The van der Waals surface area contributed by atoms with Gasteiger partial charge in [-0.25, -0.2) is 32.5 Å². The molecule has 3 atom stereocenters. The molecule has 55 heavy (non-hydrogen) atoms. The number of anilines is 2. The zero-order valence-electron chi connectivity index (χ0n) is 29.9. The lowest BCUT2D eigenvalue weighted by atomic mass is 10.0. The molecule has 2 aliphatic rings. The molecule has 2 aliphatic heterocycles. The second-order valence-corrected chi connectivity index (χ2v) is 13.5. The molecule has 0 radical (unpaired) electrons. The predicted molar refractivity (Wildman–Crippen MR) is 199 cm³/mol. The van der Waals surface area contributed by atoms with Crippen LogP contribution in [0.15, 0.2) is 121 Å². The van der Waals surface area contributed by atoms with Crippen LogP contribution in [0.25, 0.3) is 5.69 Å². The minimum absolute atomic E-state index is 0.0203. The summed E-state index contributed by atoms with van der Waals surface area (Å²) in [7, 11) is 0. The van der Waals surface area contributed by atoms with Gasteiger partial charge >= 0.3 is 5.69 Å². The summed E-state index contributed by atoms with van der Waals surface area (Å²) in [5, 5.41) is 8.34. The zero-order valence-corrected chi connectivity index (χ0v) is 29.9. The number of aromatic nitrogens is 6. The van der Waals surface area contributed by atoms with Gasteiger partial charge in [0.25, 0.3) is 0 Å². The van der Waals surface area contributed by atoms with E-state index in [1.165, 1.54) is 45.0 Å². The van der Waals surface area contributed by atoms with Gasteiger partial charge < -0.3 is 24.0 Å². The third kappa shape index (κ3) is 7.48. The van der Waals surface area contributed by atoms with E-state index >= 15 is 0 Å². The molecule has 282 valence electrons. The quantitative estimate of drug-likeness (QED) is 0.158. The summed E-state index contributed by atoms with van der Waals surface area (Å²) in [5.41, 5.74) is 3.00. The maximum Gasteiger partial charge on any atom is 0.351 e. The van der Waals surface area contributed by atoms with E-state index in [9.17, 15) is 18.4 Å². The van der Waals surface area contributed by atoms with E-state index < -0.39 is 29.6 Å². The van der Waals surface area contributed by atoms with Crippen molar-refractivity contribution in [2.45, 2.75) is 31.4 Å². The molecule has 6 aromatic rings. The summed E-state index contributed by atoms with van der Waals surface area (Å²) in [6.45, 7) is 5.21. The Morgan fingerprint density at radius 2 is 1.55 bits per heavy atom. The summed E-state index contributed by atoms with van der Waals surface area (Å²) in [5.74, 6) is -2.53. The topological polar surface area (TPSA) is 122 Å². The van der Waals surface area contributed by atoms with E-state index in [0.717, 1.165) is 43.6 Å². The average molecular weight is 749 g/mol. The number of hydrogen-bond acceptors (Lipinski definition) is 10. The van der Waals surface area contributed by atoms with Crippen LogP contribution < -0.4 is 20.2 Å². The summed E-state index contributed by atoms with van der Waals surface area (Å²) < 4.78 is 51.1. The molecule has 4 heterocycles. The molecule has 0 aliphatic carbocycles. The van der Waals surface area contributed by atoms with Crippen molar-refractivity contribution in [3.63, 3.8) is 0 Å². The minimum atomic E-state index is -1.53. The Morgan fingerprint density at radius 3 is 2.20 bits per heavy atom. The molecular weight excluding hydrogens is 710 g/mol. The number of ketones is 1. The van der Waals surface area contributed by atoms with Crippen molar-refractivity contribution < 1.29 is 27.8 Å². The van der Waals surface area contributed by atoms with E-state index in [1.807, 2.05) is 54.6 Å². The number of hydrogen-bond donors (Lipinski definition) is 0. The number of piperazine rings is 1.